The normalized spacial score (nSPS) is 16.5. The van der Waals surface area contributed by atoms with Gasteiger partial charge in [-0.3, -0.25) is 0 Å². The minimum Gasteiger partial charge on any atom is -0.171 e. The fourth-order valence-electron chi connectivity index (χ4n) is 2.09. The lowest BCUT2D eigenvalue weighted by Gasteiger charge is -2.25. The van der Waals surface area contributed by atoms with Crippen LogP contribution in [0.15, 0.2) is 0 Å². The summed E-state index contributed by atoms with van der Waals surface area (Å²) >= 11 is 0. The molecule has 0 bridgehead atoms. The van der Waals surface area contributed by atoms with Gasteiger partial charge in [-0.2, -0.15) is 13.2 Å². The predicted molar refractivity (Wildman–Crippen MR) is 62.3 cm³/mol. The predicted octanol–water partition coefficient (Wildman–Crippen LogP) is 5.43. The van der Waals surface area contributed by atoms with Gasteiger partial charge in [0, 0.05) is 0 Å². The maximum atomic E-state index is 12.8. The fraction of sp³-hybridized carbons (Fsp3) is 1.00. The first kappa shape index (κ1) is 15.8. The van der Waals surface area contributed by atoms with E-state index < -0.39 is 12.1 Å². The molecule has 3 heteroatoms. The van der Waals surface area contributed by atoms with Crippen LogP contribution in [0.4, 0.5) is 13.2 Å². The molecule has 0 N–H and O–H groups in total. The summed E-state index contributed by atoms with van der Waals surface area (Å²) in [5.41, 5.74) is 0. The molecule has 0 nitrogen and oxygen atoms in total. The number of unbranched alkanes of at least 4 members (excludes halogenated alkanes) is 1. The Labute approximate surface area is 97.6 Å². The summed E-state index contributed by atoms with van der Waals surface area (Å²) in [4.78, 5) is 0. The molecule has 0 aliphatic heterocycles. The summed E-state index contributed by atoms with van der Waals surface area (Å²) < 4.78 is 38.3. The Hall–Kier alpha value is -0.210. The van der Waals surface area contributed by atoms with E-state index in [9.17, 15) is 13.2 Å². The third-order valence-corrected chi connectivity index (χ3v) is 2.96. The van der Waals surface area contributed by atoms with Gasteiger partial charge in [0.15, 0.2) is 0 Å². The Bertz CT molecular complexity index is 173. The quantitative estimate of drug-likeness (QED) is 0.555. The number of rotatable bonds is 7. The second kappa shape index (κ2) is 7.18. The average Bonchev–Trinajstić information content (AvgIpc) is 2.11. The summed E-state index contributed by atoms with van der Waals surface area (Å²) in [5, 5.41) is 0. The SMILES string of the molecule is CCCCC(C)CC(CC(C)C)C(F)(F)F. The first-order valence-electron chi connectivity index (χ1n) is 6.34. The van der Waals surface area contributed by atoms with Crippen molar-refractivity contribution in [3.63, 3.8) is 0 Å². The van der Waals surface area contributed by atoms with Crippen molar-refractivity contribution >= 4 is 0 Å². The van der Waals surface area contributed by atoms with Crippen LogP contribution in [0.1, 0.15) is 59.8 Å². The first-order valence-corrected chi connectivity index (χ1v) is 6.34. The molecule has 0 radical (unpaired) electrons. The van der Waals surface area contributed by atoms with Gasteiger partial charge in [0.2, 0.25) is 0 Å². The lowest BCUT2D eigenvalue weighted by atomic mass is 9.86. The van der Waals surface area contributed by atoms with Crippen molar-refractivity contribution in [3.8, 4) is 0 Å². The highest BCUT2D eigenvalue weighted by molar-refractivity contribution is 4.72. The summed E-state index contributed by atoms with van der Waals surface area (Å²) in [6.07, 6.45) is -0.452. The van der Waals surface area contributed by atoms with Crippen LogP contribution < -0.4 is 0 Å². The summed E-state index contributed by atoms with van der Waals surface area (Å²) in [5.74, 6) is -0.810. The maximum Gasteiger partial charge on any atom is 0.391 e. The van der Waals surface area contributed by atoms with Gasteiger partial charge in [0.05, 0.1) is 5.92 Å². The van der Waals surface area contributed by atoms with E-state index in [-0.39, 0.29) is 18.3 Å². The Kier molecular flexibility index (Phi) is 7.09. The Balaban J connectivity index is 4.20. The molecule has 0 aromatic heterocycles. The molecule has 0 spiro atoms. The Morgan fingerprint density at radius 3 is 1.94 bits per heavy atom. The van der Waals surface area contributed by atoms with Crippen LogP contribution in [-0.2, 0) is 0 Å². The minimum absolute atomic E-state index is 0.116. The van der Waals surface area contributed by atoms with Gasteiger partial charge in [-0.1, -0.05) is 47.0 Å². The largest absolute Gasteiger partial charge is 0.391 e. The van der Waals surface area contributed by atoms with Gasteiger partial charge in [0.1, 0.15) is 0 Å². The zero-order chi connectivity index (χ0) is 12.8. The van der Waals surface area contributed by atoms with Crippen LogP contribution in [0.3, 0.4) is 0 Å². The molecular weight excluding hydrogens is 213 g/mol. The molecule has 0 heterocycles. The second-order valence-electron chi connectivity index (χ2n) is 5.35. The van der Waals surface area contributed by atoms with E-state index in [0.29, 0.717) is 6.42 Å². The van der Waals surface area contributed by atoms with Crippen molar-refractivity contribution in [1.82, 2.24) is 0 Å². The lowest BCUT2D eigenvalue weighted by Crippen LogP contribution is -2.26. The van der Waals surface area contributed by atoms with Crippen LogP contribution in [0, 0.1) is 17.8 Å². The number of hydrogen-bond acceptors (Lipinski definition) is 0. The van der Waals surface area contributed by atoms with E-state index in [0.717, 1.165) is 19.3 Å². The van der Waals surface area contributed by atoms with Crippen molar-refractivity contribution in [2.24, 2.45) is 17.8 Å². The molecule has 0 rings (SSSR count). The third-order valence-electron chi connectivity index (χ3n) is 2.96. The van der Waals surface area contributed by atoms with Crippen molar-refractivity contribution in [2.75, 3.05) is 0 Å². The maximum absolute atomic E-state index is 12.8. The molecule has 16 heavy (non-hydrogen) atoms. The summed E-state index contributed by atoms with van der Waals surface area (Å²) in [6.45, 7) is 7.72. The minimum atomic E-state index is -4.02. The summed E-state index contributed by atoms with van der Waals surface area (Å²) in [6, 6.07) is 0. The van der Waals surface area contributed by atoms with Crippen LogP contribution in [0.5, 0.6) is 0 Å². The first-order chi connectivity index (χ1) is 7.27. The van der Waals surface area contributed by atoms with Gasteiger partial charge >= 0.3 is 6.18 Å². The van der Waals surface area contributed by atoms with Crippen molar-refractivity contribution in [2.45, 2.75) is 66.0 Å². The van der Waals surface area contributed by atoms with E-state index in [1.807, 2.05) is 20.8 Å². The van der Waals surface area contributed by atoms with Gasteiger partial charge in [-0.05, 0) is 24.7 Å². The molecule has 0 saturated heterocycles. The molecule has 0 saturated carbocycles. The number of alkyl halides is 3. The molecule has 0 aromatic carbocycles. The van der Waals surface area contributed by atoms with E-state index in [1.165, 1.54) is 0 Å². The molecule has 2 unspecified atom stereocenters. The lowest BCUT2D eigenvalue weighted by molar-refractivity contribution is -0.183. The van der Waals surface area contributed by atoms with Gasteiger partial charge in [0.25, 0.3) is 0 Å². The van der Waals surface area contributed by atoms with Crippen LogP contribution in [0.25, 0.3) is 0 Å². The highest BCUT2D eigenvalue weighted by Crippen LogP contribution is 2.36. The Morgan fingerprint density at radius 2 is 1.56 bits per heavy atom. The topological polar surface area (TPSA) is 0 Å². The van der Waals surface area contributed by atoms with E-state index in [1.54, 1.807) is 0 Å². The van der Waals surface area contributed by atoms with Crippen molar-refractivity contribution < 1.29 is 13.2 Å². The van der Waals surface area contributed by atoms with E-state index in [2.05, 4.69) is 6.92 Å². The van der Waals surface area contributed by atoms with E-state index in [4.69, 9.17) is 0 Å². The molecule has 0 aromatic rings. The second-order valence-corrected chi connectivity index (χ2v) is 5.35. The van der Waals surface area contributed by atoms with Crippen molar-refractivity contribution in [1.29, 1.82) is 0 Å². The van der Waals surface area contributed by atoms with Crippen LogP contribution >= 0.6 is 0 Å². The highest BCUT2D eigenvalue weighted by Gasteiger charge is 2.39. The third kappa shape index (κ3) is 7.13. The number of hydrogen-bond donors (Lipinski definition) is 0. The van der Waals surface area contributed by atoms with Crippen LogP contribution in [-0.4, -0.2) is 6.18 Å². The van der Waals surface area contributed by atoms with Gasteiger partial charge in [-0.25, -0.2) is 0 Å². The Morgan fingerprint density at radius 1 is 1.00 bits per heavy atom. The zero-order valence-corrected chi connectivity index (χ0v) is 10.9. The monoisotopic (exact) mass is 238 g/mol. The van der Waals surface area contributed by atoms with Gasteiger partial charge < -0.3 is 0 Å². The fourth-order valence-corrected chi connectivity index (χ4v) is 2.09. The standard InChI is InChI=1S/C13H25F3/c1-5-6-7-11(4)9-12(8-10(2)3)13(14,15)16/h10-12H,5-9H2,1-4H3. The van der Waals surface area contributed by atoms with Gasteiger partial charge in [-0.15, -0.1) is 0 Å². The smallest absolute Gasteiger partial charge is 0.171 e. The summed E-state index contributed by atoms with van der Waals surface area (Å²) in [7, 11) is 0. The molecular formula is C13H25F3. The molecule has 0 fully saturated rings. The number of halogens is 3. The van der Waals surface area contributed by atoms with Crippen LogP contribution in [0.2, 0.25) is 0 Å². The molecule has 98 valence electrons. The highest BCUT2D eigenvalue weighted by atomic mass is 19.4. The van der Waals surface area contributed by atoms with Crippen molar-refractivity contribution in [3.05, 3.63) is 0 Å². The van der Waals surface area contributed by atoms with E-state index >= 15 is 0 Å². The zero-order valence-electron chi connectivity index (χ0n) is 10.9. The molecule has 0 amide bonds. The molecule has 0 aliphatic carbocycles. The average molecular weight is 238 g/mol. The molecule has 2 atom stereocenters. The molecule has 0 aliphatic rings.